The normalized spacial score (nSPS) is 14.6. The Hall–Kier alpha value is -0.120. The molecule has 0 atom stereocenters. The zero-order valence-corrected chi connectivity index (χ0v) is 18.8. The van der Waals surface area contributed by atoms with Crippen molar-refractivity contribution in [1.29, 1.82) is 0 Å². The molecule has 24 heavy (non-hydrogen) atoms. The van der Waals surface area contributed by atoms with Gasteiger partial charge in [-0.3, -0.25) is 0 Å². The molecule has 1 saturated heterocycles. The van der Waals surface area contributed by atoms with Gasteiger partial charge in [0.1, 0.15) is 0 Å². The van der Waals surface area contributed by atoms with E-state index in [4.69, 9.17) is 4.74 Å². The second-order valence-electron chi connectivity index (χ2n) is 6.72. The van der Waals surface area contributed by atoms with Crippen LogP contribution >= 0.6 is 0 Å². The number of nitrogens with zero attached hydrogens (tertiary/aromatic N) is 1. The first-order valence-corrected chi connectivity index (χ1v) is 10.5. The van der Waals surface area contributed by atoms with E-state index >= 15 is 0 Å². The van der Waals surface area contributed by atoms with Gasteiger partial charge in [-0.2, -0.15) is 0 Å². The van der Waals surface area contributed by atoms with E-state index in [0.29, 0.717) is 0 Å². The predicted molar refractivity (Wildman–Crippen MR) is 112 cm³/mol. The third kappa shape index (κ3) is 21.9. The van der Waals surface area contributed by atoms with Gasteiger partial charge in [0.05, 0.1) is 5.60 Å². The van der Waals surface area contributed by atoms with E-state index in [0.717, 1.165) is 18.9 Å². The molecule has 0 radical (unpaired) electrons. The number of nitrogens with one attached hydrogen (secondary N) is 1. The maximum Gasteiger partial charge on any atom is 0.0626 e. The topological polar surface area (TPSA) is 24.5 Å². The van der Waals surface area contributed by atoms with Gasteiger partial charge >= 0.3 is 0 Å². The number of likely N-dealkylation sites (N-methyl/N-ethyl adjacent to an activating group) is 1. The highest BCUT2D eigenvalue weighted by molar-refractivity contribution is 4.67. The van der Waals surface area contributed by atoms with Crippen molar-refractivity contribution in [2.24, 2.45) is 5.92 Å². The van der Waals surface area contributed by atoms with Crippen molar-refractivity contribution < 1.29 is 4.74 Å². The zero-order chi connectivity index (χ0) is 19.4. The Balaban J connectivity index is -0.000000317. The molecule has 0 spiro atoms. The van der Waals surface area contributed by atoms with Crippen molar-refractivity contribution in [1.82, 2.24) is 10.2 Å². The fourth-order valence-corrected chi connectivity index (χ4v) is 2.27. The van der Waals surface area contributed by atoms with Crippen LogP contribution in [0.5, 0.6) is 0 Å². The monoisotopic (exact) mass is 346 g/mol. The lowest BCUT2D eigenvalue weighted by molar-refractivity contribution is -0.0281. The van der Waals surface area contributed by atoms with Crippen LogP contribution in [0.3, 0.4) is 0 Å². The van der Waals surface area contributed by atoms with Crippen molar-refractivity contribution in [2.45, 2.75) is 94.1 Å². The average molecular weight is 347 g/mol. The molecule has 3 heteroatoms. The smallest absolute Gasteiger partial charge is 0.0626 e. The van der Waals surface area contributed by atoms with E-state index in [1.165, 1.54) is 45.6 Å². The van der Waals surface area contributed by atoms with E-state index in [1.807, 2.05) is 27.7 Å². The number of piperazine rings is 1. The minimum absolute atomic E-state index is 0.0869. The SMILES string of the molecule is CC.CC.CCCC(C)(C)OCCC(C)C.CCN1CCNCC1. The van der Waals surface area contributed by atoms with Crippen molar-refractivity contribution in [3.05, 3.63) is 0 Å². The highest BCUT2D eigenvalue weighted by Crippen LogP contribution is 2.17. The van der Waals surface area contributed by atoms with E-state index in [9.17, 15) is 0 Å². The van der Waals surface area contributed by atoms with Gasteiger partial charge in [0, 0.05) is 32.8 Å². The van der Waals surface area contributed by atoms with Gasteiger partial charge in [0.2, 0.25) is 0 Å². The highest BCUT2D eigenvalue weighted by atomic mass is 16.5. The average Bonchev–Trinajstić information content (AvgIpc) is 2.59. The molecule has 0 saturated carbocycles. The van der Waals surface area contributed by atoms with Gasteiger partial charge in [0.15, 0.2) is 0 Å². The van der Waals surface area contributed by atoms with Gasteiger partial charge in [-0.25, -0.2) is 0 Å². The zero-order valence-electron chi connectivity index (χ0n) is 18.8. The Bertz CT molecular complexity index is 212. The summed E-state index contributed by atoms with van der Waals surface area (Å²) in [7, 11) is 0. The molecule has 1 aliphatic rings. The minimum atomic E-state index is 0.0869. The van der Waals surface area contributed by atoms with Crippen LogP contribution in [-0.4, -0.2) is 49.8 Å². The Morgan fingerprint density at radius 1 is 1.00 bits per heavy atom. The Morgan fingerprint density at radius 3 is 1.83 bits per heavy atom. The molecule has 0 aromatic rings. The molecule has 1 fully saturated rings. The first-order valence-electron chi connectivity index (χ1n) is 10.5. The van der Waals surface area contributed by atoms with Crippen LogP contribution < -0.4 is 5.32 Å². The van der Waals surface area contributed by atoms with Crippen LogP contribution in [-0.2, 0) is 4.74 Å². The third-order valence-electron chi connectivity index (χ3n) is 3.70. The first-order chi connectivity index (χ1) is 11.4. The van der Waals surface area contributed by atoms with E-state index < -0.39 is 0 Å². The summed E-state index contributed by atoms with van der Waals surface area (Å²) in [6, 6.07) is 0. The minimum Gasteiger partial charge on any atom is -0.376 e. The molecule has 0 unspecified atom stereocenters. The maximum atomic E-state index is 5.78. The summed E-state index contributed by atoms with van der Waals surface area (Å²) in [5.41, 5.74) is 0.0869. The van der Waals surface area contributed by atoms with Crippen molar-refractivity contribution in [2.75, 3.05) is 39.3 Å². The lowest BCUT2D eigenvalue weighted by atomic mass is 10.0. The fraction of sp³-hybridized carbons (Fsp3) is 1.00. The molecule has 1 aliphatic heterocycles. The van der Waals surface area contributed by atoms with Crippen LogP contribution in [0.1, 0.15) is 88.5 Å². The van der Waals surface area contributed by atoms with E-state index in [2.05, 4.69) is 51.8 Å². The molecular weight excluding hydrogens is 296 g/mol. The fourth-order valence-electron chi connectivity index (χ4n) is 2.27. The summed E-state index contributed by atoms with van der Waals surface area (Å²) in [5.74, 6) is 0.752. The molecule has 3 nitrogen and oxygen atoms in total. The third-order valence-corrected chi connectivity index (χ3v) is 3.70. The summed E-state index contributed by atoms with van der Waals surface area (Å²) in [6.45, 7) is 28.2. The van der Waals surface area contributed by atoms with Gasteiger partial charge in [-0.15, -0.1) is 0 Å². The quantitative estimate of drug-likeness (QED) is 0.650. The number of hydrogen-bond acceptors (Lipinski definition) is 3. The molecule has 1 N–H and O–H groups in total. The van der Waals surface area contributed by atoms with Gasteiger partial charge < -0.3 is 15.0 Å². The lowest BCUT2D eigenvalue weighted by Crippen LogP contribution is -2.43. The van der Waals surface area contributed by atoms with Crippen molar-refractivity contribution >= 4 is 0 Å². The number of rotatable bonds is 7. The first kappa shape index (κ1) is 28.7. The maximum absolute atomic E-state index is 5.78. The van der Waals surface area contributed by atoms with Crippen LogP contribution in [0, 0.1) is 5.92 Å². The summed E-state index contributed by atoms with van der Waals surface area (Å²) >= 11 is 0. The van der Waals surface area contributed by atoms with Gasteiger partial charge in [0.25, 0.3) is 0 Å². The second kappa shape index (κ2) is 20.9. The van der Waals surface area contributed by atoms with Gasteiger partial charge in [-0.05, 0) is 39.2 Å². The molecule has 150 valence electrons. The molecule has 0 aromatic carbocycles. The molecule has 1 heterocycles. The number of ether oxygens (including phenoxy) is 1. The Labute approximate surface area is 154 Å². The summed E-state index contributed by atoms with van der Waals surface area (Å²) < 4.78 is 5.78. The van der Waals surface area contributed by atoms with Crippen LogP contribution in [0.25, 0.3) is 0 Å². The molecule has 0 amide bonds. The predicted octanol–water partition coefficient (Wildman–Crippen LogP) is 5.59. The lowest BCUT2D eigenvalue weighted by Gasteiger charge is -2.25. The molecule has 0 aliphatic carbocycles. The molecular formula is C21H50N2O. The van der Waals surface area contributed by atoms with Crippen molar-refractivity contribution in [3.8, 4) is 0 Å². The van der Waals surface area contributed by atoms with Gasteiger partial charge in [-0.1, -0.05) is 61.8 Å². The van der Waals surface area contributed by atoms with Crippen LogP contribution in [0.15, 0.2) is 0 Å². The van der Waals surface area contributed by atoms with E-state index in [-0.39, 0.29) is 5.60 Å². The molecule has 0 aromatic heterocycles. The van der Waals surface area contributed by atoms with E-state index in [1.54, 1.807) is 0 Å². The largest absolute Gasteiger partial charge is 0.376 e. The second-order valence-corrected chi connectivity index (χ2v) is 6.72. The Kier molecular flexibility index (Phi) is 25.0. The molecule has 0 bridgehead atoms. The summed E-state index contributed by atoms with van der Waals surface area (Å²) in [6.07, 6.45) is 3.53. The summed E-state index contributed by atoms with van der Waals surface area (Å²) in [5, 5.41) is 3.31. The van der Waals surface area contributed by atoms with Crippen LogP contribution in [0.4, 0.5) is 0 Å². The molecule has 1 rings (SSSR count). The highest BCUT2D eigenvalue weighted by Gasteiger charge is 2.16. The number of hydrogen-bond donors (Lipinski definition) is 1. The Morgan fingerprint density at radius 2 is 1.50 bits per heavy atom. The van der Waals surface area contributed by atoms with Crippen molar-refractivity contribution in [3.63, 3.8) is 0 Å². The standard InChI is InChI=1S/C11H24O.C6H14N2.2C2H6/c1-6-8-11(4,5)12-9-7-10(2)3;1-2-8-5-3-7-4-6-8;2*1-2/h10H,6-9H2,1-5H3;7H,2-6H2,1H3;2*1-2H3. The summed E-state index contributed by atoms with van der Waals surface area (Å²) in [4.78, 5) is 2.45. The van der Waals surface area contributed by atoms with Crippen LogP contribution in [0.2, 0.25) is 0 Å².